The molecular weight excluding hydrogens is 298 g/mol. The van der Waals surface area contributed by atoms with Gasteiger partial charge in [-0.25, -0.2) is 0 Å². The molecule has 0 spiro atoms. The summed E-state index contributed by atoms with van der Waals surface area (Å²) in [5.74, 6) is 0.888. The van der Waals surface area contributed by atoms with Gasteiger partial charge < -0.3 is 10.1 Å². The number of hydrogen-bond donors (Lipinski definition) is 1. The van der Waals surface area contributed by atoms with Crippen LogP contribution in [0.2, 0.25) is 0 Å². The number of ether oxygens (including phenoxy) is 1. The summed E-state index contributed by atoms with van der Waals surface area (Å²) in [7, 11) is 1.67. The first-order valence-corrected chi connectivity index (χ1v) is 4.93. The normalized spacial score (nSPS) is 8.77. The molecule has 4 heteroatoms. The molecule has 1 rings (SSSR count). The van der Waals surface area contributed by atoms with E-state index in [1.165, 1.54) is 0 Å². The zero-order valence-corrected chi connectivity index (χ0v) is 10.7. The van der Waals surface area contributed by atoms with E-state index in [0.717, 1.165) is 23.3 Å². The molecule has 1 N–H and O–H groups in total. The highest BCUT2D eigenvalue weighted by molar-refractivity contribution is 9.09. The first-order chi connectivity index (χ1) is 5.86. The van der Waals surface area contributed by atoms with Crippen molar-refractivity contribution in [1.29, 1.82) is 0 Å². The molecule has 0 aliphatic carbocycles. The summed E-state index contributed by atoms with van der Waals surface area (Å²) in [6.07, 6.45) is 0. The lowest BCUT2D eigenvalue weighted by molar-refractivity contribution is 0.415. The Hall–Kier alpha value is -0.220. The molecule has 0 fully saturated rings. The maximum atomic E-state index is 5.04. The first kappa shape index (κ1) is 12.8. The number of halogens is 2. The van der Waals surface area contributed by atoms with E-state index in [1.54, 1.807) is 7.11 Å². The van der Waals surface area contributed by atoms with Crippen molar-refractivity contribution >= 4 is 38.6 Å². The Morgan fingerprint density at radius 1 is 1.31 bits per heavy atom. The number of nitrogens with one attached hydrogen (secondary N) is 1. The lowest BCUT2D eigenvalue weighted by Crippen LogP contribution is -2.01. The molecule has 0 aromatic heterocycles. The fourth-order valence-corrected chi connectivity index (χ4v) is 1.10. The third kappa shape index (κ3) is 4.52. The topological polar surface area (TPSA) is 21.3 Å². The third-order valence-corrected chi connectivity index (χ3v) is 1.91. The lowest BCUT2D eigenvalue weighted by atomic mass is 10.3. The van der Waals surface area contributed by atoms with Crippen LogP contribution < -0.4 is 10.1 Å². The summed E-state index contributed by atoms with van der Waals surface area (Å²) < 4.78 is 5.04. The van der Waals surface area contributed by atoms with Gasteiger partial charge in [-0.3, -0.25) is 0 Å². The Balaban J connectivity index is 0.00000144. The van der Waals surface area contributed by atoms with Crippen LogP contribution >= 0.6 is 32.9 Å². The zero-order chi connectivity index (χ0) is 8.81. The van der Waals surface area contributed by atoms with Crippen molar-refractivity contribution in [3.05, 3.63) is 24.3 Å². The van der Waals surface area contributed by atoms with Gasteiger partial charge in [-0.2, -0.15) is 0 Å². The van der Waals surface area contributed by atoms with Crippen LogP contribution in [-0.4, -0.2) is 19.0 Å². The Labute approximate surface area is 97.6 Å². The quantitative estimate of drug-likeness (QED) is 0.863. The van der Waals surface area contributed by atoms with Gasteiger partial charge in [-0.05, 0) is 24.3 Å². The minimum absolute atomic E-state index is 0. The van der Waals surface area contributed by atoms with Crippen LogP contribution in [0.15, 0.2) is 24.3 Å². The zero-order valence-electron chi connectivity index (χ0n) is 7.42. The van der Waals surface area contributed by atoms with Crippen LogP contribution in [0, 0.1) is 0 Å². The maximum Gasteiger partial charge on any atom is 0.119 e. The summed E-state index contributed by atoms with van der Waals surface area (Å²) in [6.45, 7) is 0.937. The number of anilines is 1. The highest BCUT2D eigenvalue weighted by Crippen LogP contribution is 2.14. The smallest absolute Gasteiger partial charge is 0.119 e. The van der Waals surface area contributed by atoms with Gasteiger partial charge >= 0.3 is 0 Å². The van der Waals surface area contributed by atoms with E-state index < -0.39 is 0 Å². The molecule has 0 aliphatic heterocycles. The fraction of sp³-hybridized carbons (Fsp3) is 0.333. The molecule has 13 heavy (non-hydrogen) atoms. The predicted octanol–water partition coefficient (Wildman–Crippen LogP) is 3.08. The summed E-state index contributed by atoms with van der Waals surface area (Å²) in [4.78, 5) is 0. The first-order valence-electron chi connectivity index (χ1n) is 3.80. The number of hydrogen-bond acceptors (Lipinski definition) is 2. The second-order valence-electron chi connectivity index (χ2n) is 2.34. The van der Waals surface area contributed by atoms with Gasteiger partial charge in [0.25, 0.3) is 0 Å². The second kappa shape index (κ2) is 7.21. The molecule has 0 saturated heterocycles. The summed E-state index contributed by atoms with van der Waals surface area (Å²) >= 11 is 3.35. The van der Waals surface area contributed by atoms with Crippen LogP contribution in [0.1, 0.15) is 0 Å². The molecule has 0 bridgehead atoms. The van der Waals surface area contributed by atoms with E-state index in [4.69, 9.17) is 4.74 Å². The summed E-state index contributed by atoms with van der Waals surface area (Å²) in [5.41, 5.74) is 1.12. The van der Waals surface area contributed by atoms with Gasteiger partial charge in [0.2, 0.25) is 0 Å². The van der Waals surface area contributed by atoms with E-state index >= 15 is 0 Å². The van der Waals surface area contributed by atoms with Crippen LogP contribution in [0.4, 0.5) is 5.69 Å². The Morgan fingerprint density at radius 2 is 1.92 bits per heavy atom. The van der Waals surface area contributed by atoms with Gasteiger partial charge in [-0.15, -0.1) is 17.0 Å². The molecule has 0 aliphatic rings. The summed E-state index contributed by atoms with van der Waals surface area (Å²) in [5, 5.41) is 4.20. The van der Waals surface area contributed by atoms with Crippen molar-refractivity contribution in [3.8, 4) is 5.75 Å². The van der Waals surface area contributed by atoms with Crippen molar-refractivity contribution in [3.63, 3.8) is 0 Å². The van der Waals surface area contributed by atoms with Crippen LogP contribution in [0.3, 0.4) is 0 Å². The average molecular weight is 311 g/mol. The predicted molar refractivity (Wildman–Crippen MR) is 65.6 cm³/mol. The summed E-state index contributed by atoms with van der Waals surface area (Å²) in [6, 6.07) is 7.89. The SMILES string of the molecule is Br.COc1ccc(NCCBr)cc1. The second-order valence-corrected chi connectivity index (χ2v) is 3.14. The average Bonchev–Trinajstić information content (AvgIpc) is 2.15. The molecule has 0 heterocycles. The molecule has 0 amide bonds. The van der Waals surface area contributed by atoms with Crippen molar-refractivity contribution in [2.75, 3.05) is 24.3 Å². The minimum Gasteiger partial charge on any atom is -0.497 e. The molecule has 1 aromatic carbocycles. The number of methoxy groups -OCH3 is 1. The largest absolute Gasteiger partial charge is 0.497 e. The highest BCUT2D eigenvalue weighted by Gasteiger charge is 1.91. The van der Waals surface area contributed by atoms with Gasteiger partial charge in [0.15, 0.2) is 0 Å². The standard InChI is InChI=1S/C9H12BrNO.BrH/c1-12-9-4-2-8(3-5-9)11-7-6-10;/h2-5,11H,6-7H2,1H3;1H. The van der Waals surface area contributed by atoms with E-state index in [9.17, 15) is 0 Å². The Kier molecular flexibility index (Phi) is 7.09. The highest BCUT2D eigenvalue weighted by atomic mass is 79.9. The molecule has 74 valence electrons. The third-order valence-electron chi connectivity index (χ3n) is 1.51. The van der Waals surface area contributed by atoms with E-state index in [2.05, 4.69) is 21.2 Å². The molecule has 0 saturated carbocycles. The Bertz CT molecular complexity index is 226. The molecule has 1 aromatic rings. The van der Waals surface area contributed by atoms with Gasteiger partial charge in [0, 0.05) is 17.6 Å². The van der Waals surface area contributed by atoms with E-state index in [0.29, 0.717) is 0 Å². The van der Waals surface area contributed by atoms with Crippen molar-refractivity contribution in [1.82, 2.24) is 0 Å². The van der Waals surface area contributed by atoms with Crippen molar-refractivity contribution in [2.24, 2.45) is 0 Å². The molecule has 2 nitrogen and oxygen atoms in total. The number of benzene rings is 1. The van der Waals surface area contributed by atoms with Gasteiger partial charge in [-0.1, -0.05) is 15.9 Å². The van der Waals surface area contributed by atoms with E-state index in [-0.39, 0.29) is 17.0 Å². The number of alkyl halides is 1. The van der Waals surface area contributed by atoms with Crippen LogP contribution in [0.25, 0.3) is 0 Å². The van der Waals surface area contributed by atoms with Crippen molar-refractivity contribution in [2.45, 2.75) is 0 Å². The lowest BCUT2D eigenvalue weighted by Gasteiger charge is -2.04. The molecule has 0 unspecified atom stereocenters. The molecule has 0 radical (unpaired) electrons. The van der Waals surface area contributed by atoms with Gasteiger partial charge in [0.1, 0.15) is 5.75 Å². The van der Waals surface area contributed by atoms with Crippen molar-refractivity contribution < 1.29 is 4.74 Å². The van der Waals surface area contributed by atoms with Gasteiger partial charge in [0.05, 0.1) is 7.11 Å². The monoisotopic (exact) mass is 309 g/mol. The molecular formula is C9H13Br2NO. The van der Waals surface area contributed by atoms with Crippen LogP contribution in [-0.2, 0) is 0 Å². The minimum atomic E-state index is 0. The number of rotatable bonds is 4. The Morgan fingerprint density at radius 3 is 2.38 bits per heavy atom. The van der Waals surface area contributed by atoms with E-state index in [1.807, 2.05) is 24.3 Å². The fourth-order valence-electron chi connectivity index (χ4n) is 0.900. The van der Waals surface area contributed by atoms with Crippen LogP contribution in [0.5, 0.6) is 5.75 Å². The molecule has 0 atom stereocenters. The maximum absolute atomic E-state index is 5.04.